The Morgan fingerprint density at radius 2 is 1.90 bits per heavy atom. The minimum atomic E-state index is -0.909. The first-order valence-corrected chi connectivity index (χ1v) is 14.9. The Kier molecular flexibility index (Phi) is 6.84. The number of hydrogen-bond acceptors (Lipinski definition) is 5. The molecule has 3 aliphatic heterocycles. The van der Waals surface area contributed by atoms with E-state index in [4.69, 9.17) is 31.0 Å². The minimum Gasteiger partial charge on any atom is -0.478 e. The molecule has 7 rings (SSSR count). The maximum atomic E-state index is 14.9. The number of nitrogens with zero attached hydrogens (tertiary/aromatic N) is 4. The van der Waals surface area contributed by atoms with Gasteiger partial charge in [0.25, 0.3) is 0 Å². The molecule has 0 saturated carbocycles. The summed E-state index contributed by atoms with van der Waals surface area (Å²) in [5, 5.41) is 0.376. The van der Waals surface area contributed by atoms with Gasteiger partial charge in [0.1, 0.15) is 22.9 Å². The lowest BCUT2D eigenvalue weighted by Crippen LogP contribution is -2.36. The average Bonchev–Trinajstić information content (AvgIpc) is 3.26. The van der Waals surface area contributed by atoms with Gasteiger partial charge in [0.15, 0.2) is 11.2 Å². The van der Waals surface area contributed by atoms with Crippen molar-refractivity contribution >= 4 is 28.8 Å². The SMILES string of the molecule is Cc1ccc2nc(CN3CCC(c4cccc5c4O[C@@](C)(c4ccc(Cl)cc4F)C=C5)CC3)n(C[C@@H]3CCO3)c2n1. The van der Waals surface area contributed by atoms with E-state index < -0.39 is 5.60 Å². The van der Waals surface area contributed by atoms with Gasteiger partial charge in [0.2, 0.25) is 0 Å². The third kappa shape index (κ3) is 5.05. The molecular weight excluding hydrogens is 539 g/mol. The molecule has 0 spiro atoms. The first kappa shape index (κ1) is 26.6. The molecule has 2 aromatic carbocycles. The Bertz CT molecular complexity index is 1640. The van der Waals surface area contributed by atoms with Gasteiger partial charge in [-0.2, -0.15) is 0 Å². The number of ether oxygens (including phenoxy) is 2. The summed E-state index contributed by atoms with van der Waals surface area (Å²) >= 11 is 6.02. The van der Waals surface area contributed by atoms with Gasteiger partial charge < -0.3 is 14.0 Å². The van der Waals surface area contributed by atoms with E-state index in [-0.39, 0.29) is 11.9 Å². The highest BCUT2D eigenvalue weighted by Gasteiger charge is 2.35. The van der Waals surface area contributed by atoms with Crippen LogP contribution in [0.3, 0.4) is 0 Å². The highest BCUT2D eigenvalue weighted by Crippen LogP contribution is 2.44. The minimum absolute atomic E-state index is 0.240. The van der Waals surface area contributed by atoms with Gasteiger partial charge >= 0.3 is 0 Å². The van der Waals surface area contributed by atoms with E-state index in [2.05, 4.69) is 39.8 Å². The van der Waals surface area contributed by atoms with Crippen molar-refractivity contribution in [1.82, 2.24) is 19.4 Å². The molecule has 3 aliphatic rings. The second kappa shape index (κ2) is 10.5. The van der Waals surface area contributed by atoms with E-state index in [1.165, 1.54) is 11.6 Å². The Morgan fingerprint density at radius 3 is 2.66 bits per heavy atom. The van der Waals surface area contributed by atoms with Crippen LogP contribution in [-0.2, 0) is 23.4 Å². The van der Waals surface area contributed by atoms with Crippen molar-refractivity contribution < 1.29 is 13.9 Å². The quantitative estimate of drug-likeness (QED) is 0.248. The van der Waals surface area contributed by atoms with Crippen molar-refractivity contribution in [2.45, 2.75) is 63.8 Å². The number of fused-ring (bicyclic) bond motifs is 2. The van der Waals surface area contributed by atoms with Crippen LogP contribution in [0.4, 0.5) is 4.39 Å². The summed E-state index contributed by atoms with van der Waals surface area (Å²) in [4.78, 5) is 12.3. The lowest BCUT2D eigenvalue weighted by atomic mass is 9.85. The lowest BCUT2D eigenvalue weighted by molar-refractivity contribution is -0.0593. The number of hydrogen-bond donors (Lipinski definition) is 0. The lowest BCUT2D eigenvalue weighted by Gasteiger charge is -2.37. The number of para-hydroxylation sites is 1. The summed E-state index contributed by atoms with van der Waals surface area (Å²) in [6, 6.07) is 15.2. The Labute approximate surface area is 244 Å². The fourth-order valence-corrected chi connectivity index (χ4v) is 6.52. The highest BCUT2D eigenvalue weighted by molar-refractivity contribution is 6.30. The van der Waals surface area contributed by atoms with E-state index in [1.807, 2.05) is 26.0 Å². The molecule has 0 bridgehead atoms. The fourth-order valence-electron chi connectivity index (χ4n) is 6.37. The summed E-state index contributed by atoms with van der Waals surface area (Å²) in [6.45, 7) is 8.28. The molecule has 0 radical (unpaired) electrons. The zero-order valence-electron chi connectivity index (χ0n) is 23.4. The Hall–Kier alpha value is -3.26. The van der Waals surface area contributed by atoms with Crippen LogP contribution in [0, 0.1) is 12.7 Å². The van der Waals surface area contributed by atoms with Crippen LogP contribution in [0.1, 0.15) is 60.3 Å². The Balaban J connectivity index is 1.09. The van der Waals surface area contributed by atoms with Crippen LogP contribution in [0.25, 0.3) is 17.2 Å². The van der Waals surface area contributed by atoms with E-state index in [0.717, 1.165) is 86.0 Å². The molecule has 0 amide bonds. The van der Waals surface area contributed by atoms with E-state index in [0.29, 0.717) is 16.5 Å². The molecule has 2 fully saturated rings. The second-order valence-electron chi connectivity index (χ2n) is 11.7. The molecule has 0 N–H and O–H groups in total. The molecular formula is C33H34ClFN4O2. The van der Waals surface area contributed by atoms with Crippen molar-refractivity contribution in [2.24, 2.45) is 0 Å². The standard InChI is InChI=1S/C33H34ClFN4O2/c1-21-6-9-29-32(36-21)39(19-25-13-17-40-25)30(37-29)20-38-15-11-22(12-16-38)26-5-3-4-23-10-14-33(2,41-31(23)26)27-8-7-24(34)18-28(27)35/h3-10,14,18,22,25H,11-13,15-17,19-20H2,1-2H3/t25-,33+/m0/s1. The van der Waals surface area contributed by atoms with Gasteiger partial charge in [0, 0.05) is 28.5 Å². The van der Waals surface area contributed by atoms with Crippen LogP contribution in [-0.4, -0.2) is 45.2 Å². The van der Waals surface area contributed by atoms with Gasteiger partial charge in [-0.05, 0) is 88.0 Å². The topological polar surface area (TPSA) is 52.4 Å². The number of aryl methyl sites for hydroxylation is 1. The van der Waals surface area contributed by atoms with E-state index in [9.17, 15) is 4.39 Å². The predicted molar refractivity (Wildman–Crippen MR) is 159 cm³/mol. The number of rotatable bonds is 6. The third-order valence-corrected chi connectivity index (χ3v) is 9.05. The van der Waals surface area contributed by atoms with Crippen LogP contribution in [0.5, 0.6) is 5.75 Å². The van der Waals surface area contributed by atoms with Crippen LogP contribution in [0.2, 0.25) is 5.02 Å². The summed E-state index contributed by atoms with van der Waals surface area (Å²) in [6.07, 6.45) is 7.34. The molecule has 4 aromatic rings. The maximum absolute atomic E-state index is 14.9. The van der Waals surface area contributed by atoms with Crippen molar-refractivity contribution in [2.75, 3.05) is 19.7 Å². The summed E-state index contributed by atoms with van der Waals surface area (Å²) in [7, 11) is 0. The molecule has 2 atom stereocenters. The Morgan fingerprint density at radius 1 is 1.07 bits per heavy atom. The predicted octanol–water partition coefficient (Wildman–Crippen LogP) is 7.02. The number of pyridine rings is 1. The number of aromatic nitrogens is 3. The normalized spacial score (nSPS) is 22.9. The molecule has 41 heavy (non-hydrogen) atoms. The summed E-state index contributed by atoms with van der Waals surface area (Å²) in [5.41, 5.74) is 4.70. The molecule has 8 heteroatoms. The van der Waals surface area contributed by atoms with Gasteiger partial charge in [-0.15, -0.1) is 0 Å². The van der Waals surface area contributed by atoms with Crippen LogP contribution >= 0.6 is 11.6 Å². The van der Waals surface area contributed by atoms with Crippen molar-refractivity contribution in [1.29, 1.82) is 0 Å². The number of benzene rings is 2. The molecule has 6 nitrogen and oxygen atoms in total. The molecule has 2 saturated heterocycles. The highest BCUT2D eigenvalue weighted by atomic mass is 35.5. The molecule has 5 heterocycles. The maximum Gasteiger partial charge on any atom is 0.160 e. The summed E-state index contributed by atoms with van der Waals surface area (Å²) in [5.74, 6) is 1.91. The fraction of sp³-hybridized carbons (Fsp3) is 0.394. The zero-order chi connectivity index (χ0) is 28.1. The molecule has 0 unspecified atom stereocenters. The molecule has 2 aromatic heterocycles. The van der Waals surface area contributed by atoms with E-state index >= 15 is 0 Å². The number of piperidine rings is 1. The van der Waals surface area contributed by atoms with E-state index in [1.54, 1.807) is 12.1 Å². The first-order chi connectivity index (χ1) is 19.9. The number of imidazole rings is 1. The number of likely N-dealkylation sites (tertiary alicyclic amines) is 1. The van der Waals surface area contributed by atoms with Crippen molar-refractivity contribution in [3.63, 3.8) is 0 Å². The van der Waals surface area contributed by atoms with Gasteiger partial charge in [0.05, 0.1) is 19.2 Å². The van der Waals surface area contributed by atoms with Crippen molar-refractivity contribution in [3.05, 3.63) is 93.7 Å². The van der Waals surface area contributed by atoms with Crippen LogP contribution in [0.15, 0.2) is 54.6 Å². The van der Waals surface area contributed by atoms with Gasteiger partial charge in [-0.25, -0.2) is 14.4 Å². The van der Waals surface area contributed by atoms with Crippen LogP contribution < -0.4 is 4.74 Å². The average molecular weight is 573 g/mol. The van der Waals surface area contributed by atoms with Gasteiger partial charge in [-0.1, -0.05) is 41.9 Å². The zero-order valence-corrected chi connectivity index (χ0v) is 24.2. The molecule has 0 aliphatic carbocycles. The first-order valence-electron chi connectivity index (χ1n) is 14.5. The van der Waals surface area contributed by atoms with Crippen molar-refractivity contribution in [3.8, 4) is 5.75 Å². The summed E-state index contributed by atoms with van der Waals surface area (Å²) < 4.78 is 29.6. The molecule has 212 valence electrons. The smallest absolute Gasteiger partial charge is 0.160 e. The number of halogens is 2. The third-order valence-electron chi connectivity index (χ3n) is 8.82. The van der Waals surface area contributed by atoms with Gasteiger partial charge in [-0.3, -0.25) is 4.90 Å². The second-order valence-corrected chi connectivity index (χ2v) is 12.1. The largest absolute Gasteiger partial charge is 0.478 e. The monoisotopic (exact) mass is 572 g/mol.